The lowest BCUT2D eigenvalue weighted by atomic mass is 9.89. The van der Waals surface area contributed by atoms with Gasteiger partial charge in [0.2, 0.25) is 0 Å². The normalized spacial score (nSPS) is 31.1. The van der Waals surface area contributed by atoms with Gasteiger partial charge >= 0.3 is 6.18 Å². The van der Waals surface area contributed by atoms with Crippen LogP contribution in [0, 0.1) is 5.92 Å². The van der Waals surface area contributed by atoms with Gasteiger partial charge in [0.1, 0.15) is 5.54 Å². The number of hydrogen-bond acceptors (Lipinski definition) is 3. The van der Waals surface area contributed by atoms with Crippen molar-refractivity contribution in [3.05, 3.63) is 0 Å². The molecular weight excluding hydrogens is 271 g/mol. The molecule has 118 valence electrons. The number of ether oxygens (including phenoxy) is 1. The van der Waals surface area contributed by atoms with Crippen molar-refractivity contribution in [3.8, 4) is 0 Å². The third-order valence-electron chi connectivity index (χ3n) is 4.46. The van der Waals surface area contributed by atoms with Gasteiger partial charge in [-0.2, -0.15) is 13.2 Å². The number of β-amino-alcohol motifs (C(OH)–C–C–N with tert-alkyl or cyclic N) is 1. The van der Waals surface area contributed by atoms with E-state index in [1.165, 1.54) is 0 Å². The van der Waals surface area contributed by atoms with Gasteiger partial charge in [0, 0.05) is 6.54 Å². The van der Waals surface area contributed by atoms with Crippen molar-refractivity contribution in [1.29, 1.82) is 0 Å². The summed E-state index contributed by atoms with van der Waals surface area (Å²) in [4.78, 5) is 0. The minimum atomic E-state index is -4.23. The maximum absolute atomic E-state index is 12.7. The van der Waals surface area contributed by atoms with Crippen LogP contribution in [0.5, 0.6) is 0 Å². The molecule has 0 aromatic carbocycles. The zero-order chi connectivity index (χ0) is 14.8. The summed E-state index contributed by atoms with van der Waals surface area (Å²) in [6.07, 6.45) is -0.552. The lowest BCUT2D eigenvalue weighted by Gasteiger charge is -2.28. The molecule has 0 aromatic heterocycles. The highest BCUT2D eigenvalue weighted by molar-refractivity contribution is 5.08. The van der Waals surface area contributed by atoms with E-state index in [1.807, 2.05) is 0 Å². The molecule has 0 radical (unpaired) electrons. The summed E-state index contributed by atoms with van der Waals surface area (Å²) < 4.78 is 43.6. The van der Waals surface area contributed by atoms with Crippen LogP contribution >= 0.6 is 0 Å². The molecule has 0 bridgehead atoms. The number of nitrogens with one attached hydrogen (secondary N) is 1. The van der Waals surface area contributed by atoms with E-state index >= 15 is 0 Å². The number of aliphatic hydroxyl groups excluding tert-OH is 1. The molecule has 1 unspecified atom stereocenters. The van der Waals surface area contributed by atoms with Gasteiger partial charge in [0.05, 0.1) is 18.8 Å². The third kappa shape index (κ3) is 4.09. The van der Waals surface area contributed by atoms with Gasteiger partial charge < -0.3 is 15.2 Å². The van der Waals surface area contributed by atoms with Crippen LogP contribution in [0.25, 0.3) is 0 Å². The van der Waals surface area contributed by atoms with Crippen LogP contribution in [0.3, 0.4) is 0 Å². The van der Waals surface area contributed by atoms with Gasteiger partial charge in [0.25, 0.3) is 0 Å². The number of aliphatic hydroxyl groups is 1. The Morgan fingerprint density at radius 2 is 1.85 bits per heavy atom. The molecule has 0 aliphatic heterocycles. The Morgan fingerprint density at radius 3 is 2.35 bits per heavy atom. The summed E-state index contributed by atoms with van der Waals surface area (Å²) in [6.45, 7) is 2.25. The highest BCUT2D eigenvalue weighted by Crippen LogP contribution is 2.48. The molecule has 0 spiro atoms. The summed E-state index contributed by atoms with van der Waals surface area (Å²) in [5.74, 6) is 0.725. The molecule has 2 aliphatic rings. The van der Waals surface area contributed by atoms with Crippen LogP contribution in [0.15, 0.2) is 0 Å². The molecule has 0 amide bonds. The van der Waals surface area contributed by atoms with Gasteiger partial charge in [-0.15, -0.1) is 0 Å². The average molecular weight is 295 g/mol. The second-order valence-electron chi connectivity index (χ2n) is 6.33. The fraction of sp³-hybridized carbons (Fsp3) is 1.00. The molecule has 0 aromatic rings. The van der Waals surface area contributed by atoms with Crippen LogP contribution in [-0.2, 0) is 4.74 Å². The summed E-state index contributed by atoms with van der Waals surface area (Å²) in [5, 5.41) is 12.2. The summed E-state index contributed by atoms with van der Waals surface area (Å²) >= 11 is 0. The zero-order valence-electron chi connectivity index (χ0n) is 11.9. The smallest absolute Gasteiger partial charge is 0.389 e. The molecule has 2 saturated carbocycles. The lowest BCUT2D eigenvalue weighted by Crippen LogP contribution is -2.48. The molecule has 0 saturated heterocycles. The van der Waals surface area contributed by atoms with Crippen LogP contribution < -0.4 is 5.32 Å². The molecule has 0 heterocycles. The highest BCUT2D eigenvalue weighted by Gasteiger charge is 2.63. The molecule has 2 rings (SSSR count). The number of hydrogen-bond donors (Lipinski definition) is 2. The van der Waals surface area contributed by atoms with Crippen molar-refractivity contribution in [3.63, 3.8) is 0 Å². The Labute approximate surface area is 117 Å². The molecule has 20 heavy (non-hydrogen) atoms. The van der Waals surface area contributed by atoms with E-state index in [0.29, 0.717) is 0 Å². The Morgan fingerprint density at radius 1 is 1.25 bits per heavy atom. The fourth-order valence-corrected chi connectivity index (χ4v) is 2.70. The van der Waals surface area contributed by atoms with E-state index in [2.05, 4.69) is 12.2 Å². The Kier molecular flexibility index (Phi) is 4.97. The van der Waals surface area contributed by atoms with Crippen molar-refractivity contribution >= 4 is 0 Å². The predicted octanol–water partition coefficient (Wildman–Crippen LogP) is 2.63. The van der Waals surface area contributed by atoms with E-state index in [-0.39, 0.29) is 32.1 Å². The first kappa shape index (κ1) is 16.0. The quantitative estimate of drug-likeness (QED) is 0.791. The van der Waals surface area contributed by atoms with Crippen LogP contribution in [-0.4, -0.2) is 42.2 Å². The molecule has 2 fully saturated rings. The first-order valence-corrected chi connectivity index (χ1v) is 7.44. The second-order valence-corrected chi connectivity index (χ2v) is 6.33. The van der Waals surface area contributed by atoms with Crippen LogP contribution in [0.1, 0.15) is 45.4 Å². The van der Waals surface area contributed by atoms with Crippen molar-refractivity contribution in [2.75, 3.05) is 13.2 Å². The summed E-state index contributed by atoms with van der Waals surface area (Å²) in [6, 6.07) is 0. The fourth-order valence-electron chi connectivity index (χ4n) is 2.70. The van der Waals surface area contributed by atoms with E-state index in [0.717, 1.165) is 31.6 Å². The summed E-state index contributed by atoms with van der Waals surface area (Å²) in [7, 11) is 0. The minimum absolute atomic E-state index is 0.0668. The van der Waals surface area contributed by atoms with Gasteiger partial charge in [0.15, 0.2) is 0 Å². The Bertz CT molecular complexity index is 310. The van der Waals surface area contributed by atoms with E-state index in [9.17, 15) is 18.3 Å². The van der Waals surface area contributed by atoms with E-state index < -0.39 is 17.8 Å². The van der Waals surface area contributed by atoms with Crippen molar-refractivity contribution < 1.29 is 23.0 Å². The second kappa shape index (κ2) is 6.20. The SMILES string of the molecule is CC1CCC(OCC(O)CNC2(C(F)(F)F)CC2)CC1. The van der Waals surface area contributed by atoms with Gasteiger partial charge in [-0.3, -0.25) is 0 Å². The van der Waals surface area contributed by atoms with E-state index in [1.54, 1.807) is 0 Å². The number of alkyl halides is 3. The Hall–Kier alpha value is -0.330. The lowest BCUT2D eigenvalue weighted by molar-refractivity contribution is -0.167. The molecular formula is C14H24F3NO2. The van der Waals surface area contributed by atoms with Crippen molar-refractivity contribution in [2.45, 2.75) is 69.4 Å². The minimum Gasteiger partial charge on any atom is -0.389 e. The standard InChI is InChI=1S/C14H24F3NO2/c1-10-2-4-12(5-3-10)20-9-11(19)8-18-13(6-7-13)14(15,16)17/h10-12,18-19H,2-9H2,1H3. The monoisotopic (exact) mass is 295 g/mol. The molecule has 1 atom stereocenters. The molecule has 6 heteroatoms. The predicted molar refractivity (Wildman–Crippen MR) is 69.4 cm³/mol. The number of rotatable bonds is 6. The highest BCUT2D eigenvalue weighted by atomic mass is 19.4. The largest absolute Gasteiger partial charge is 0.406 e. The van der Waals surface area contributed by atoms with Crippen LogP contribution in [0.4, 0.5) is 13.2 Å². The van der Waals surface area contributed by atoms with Gasteiger partial charge in [-0.05, 0) is 44.4 Å². The molecule has 2 N–H and O–H groups in total. The first-order valence-electron chi connectivity index (χ1n) is 7.44. The Balaban J connectivity index is 1.62. The van der Waals surface area contributed by atoms with Crippen molar-refractivity contribution in [2.24, 2.45) is 5.92 Å². The van der Waals surface area contributed by atoms with Crippen LogP contribution in [0.2, 0.25) is 0 Å². The zero-order valence-corrected chi connectivity index (χ0v) is 11.9. The first-order chi connectivity index (χ1) is 9.32. The molecule has 3 nitrogen and oxygen atoms in total. The molecule has 2 aliphatic carbocycles. The topological polar surface area (TPSA) is 41.5 Å². The van der Waals surface area contributed by atoms with Gasteiger partial charge in [-0.25, -0.2) is 0 Å². The maximum atomic E-state index is 12.7. The van der Waals surface area contributed by atoms with Gasteiger partial charge in [-0.1, -0.05) is 6.92 Å². The average Bonchev–Trinajstić information content (AvgIpc) is 3.16. The maximum Gasteiger partial charge on any atom is 0.406 e. The van der Waals surface area contributed by atoms with E-state index in [4.69, 9.17) is 4.74 Å². The van der Waals surface area contributed by atoms with Crippen molar-refractivity contribution in [1.82, 2.24) is 5.32 Å². The number of halogens is 3. The third-order valence-corrected chi connectivity index (χ3v) is 4.46. The summed E-state index contributed by atoms with van der Waals surface area (Å²) in [5.41, 5.74) is -1.76.